The van der Waals surface area contributed by atoms with Gasteiger partial charge in [-0.3, -0.25) is 4.79 Å². The number of allylic oxidation sites excluding steroid dienone is 2. The fourth-order valence-electron chi connectivity index (χ4n) is 3.60. The van der Waals surface area contributed by atoms with E-state index >= 15 is 0 Å². The van der Waals surface area contributed by atoms with E-state index in [-0.39, 0.29) is 18.0 Å². The van der Waals surface area contributed by atoms with Crippen molar-refractivity contribution >= 4 is 23.8 Å². The van der Waals surface area contributed by atoms with Crippen molar-refractivity contribution in [2.24, 2.45) is 11.1 Å². The maximum absolute atomic E-state index is 12.0. The summed E-state index contributed by atoms with van der Waals surface area (Å²) in [6.07, 6.45) is 7.87. The molecule has 1 aliphatic carbocycles. The van der Waals surface area contributed by atoms with Gasteiger partial charge in [-0.05, 0) is 79.0 Å². The summed E-state index contributed by atoms with van der Waals surface area (Å²) >= 11 is 0. The van der Waals surface area contributed by atoms with E-state index < -0.39 is 5.54 Å². The Morgan fingerprint density at radius 2 is 2.04 bits per heavy atom. The number of amides is 1. The van der Waals surface area contributed by atoms with Crippen LogP contribution in [0.3, 0.4) is 0 Å². The van der Waals surface area contributed by atoms with Crippen LogP contribution in [-0.2, 0) is 4.79 Å². The summed E-state index contributed by atoms with van der Waals surface area (Å²) in [5, 5.41) is 15.1. The largest absolute Gasteiger partial charge is 0.382 e. The molecule has 3 aliphatic rings. The van der Waals surface area contributed by atoms with E-state index in [2.05, 4.69) is 52.3 Å². The molecule has 1 aromatic carbocycles. The van der Waals surface area contributed by atoms with Crippen molar-refractivity contribution < 1.29 is 4.79 Å². The van der Waals surface area contributed by atoms with Crippen LogP contribution < -0.4 is 26.4 Å². The highest BCUT2D eigenvalue weighted by Crippen LogP contribution is 2.29. The SMILES string of the molecule is CC1=C(c2ccc3c(c2)=CNC(NC(=O)C2CC2)C=3)CNC(C(C)(C)N=O)=C1. The summed E-state index contributed by atoms with van der Waals surface area (Å²) in [6.45, 7) is 6.34. The summed E-state index contributed by atoms with van der Waals surface area (Å²) in [4.78, 5) is 23.1. The first-order chi connectivity index (χ1) is 13.4. The molecule has 3 N–H and O–H groups in total. The van der Waals surface area contributed by atoms with E-state index in [1.165, 1.54) is 5.57 Å². The highest BCUT2D eigenvalue weighted by atomic mass is 16.3. The highest BCUT2D eigenvalue weighted by molar-refractivity contribution is 5.82. The van der Waals surface area contributed by atoms with E-state index in [9.17, 15) is 9.70 Å². The van der Waals surface area contributed by atoms with E-state index in [1.54, 1.807) is 0 Å². The quantitative estimate of drug-likeness (QED) is 0.678. The Labute approximate surface area is 164 Å². The molecule has 1 amide bonds. The predicted octanol–water partition coefficient (Wildman–Crippen LogP) is 1.47. The van der Waals surface area contributed by atoms with Gasteiger partial charge in [-0.15, -0.1) is 4.91 Å². The Morgan fingerprint density at radius 3 is 2.71 bits per heavy atom. The number of hydrogen-bond donors (Lipinski definition) is 3. The first kappa shape index (κ1) is 18.5. The smallest absolute Gasteiger partial charge is 0.224 e. The van der Waals surface area contributed by atoms with Crippen molar-refractivity contribution in [3.8, 4) is 0 Å². The zero-order chi connectivity index (χ0) is 19.9. The number of dihydropyridines is 1. The van der Waals surface area contributed by atoms with E-state index in [0.29, 0.717) is 6.54 Å². The summed E-state index contributed by atoms with van der Waals surface area (Å²) in [5.41, 5.74) is 3.56. The fraction of sp³-hybridized carbons (Fsp3) is 0.409. The molecular formula is C22H26N4O2. The van der Waals surface area contributed by atoms with Gasteiger partial charge in [0.1, 0.15) is 11.7 Å². The van der Waals surface area contributed by atoms with E-state index in [0.717, 1.165) is 40.1 Å². The molecule has 2 aliphatic heterocycles. The predicted molar refractivity (Wildman–Crippen MR) is 111 cm³/mol. The third-order valence-electron chi connectivity index (χ3n) is 5.63. The Hall–Kier alpha value is -2.89. The second kappa shape index (κ2) is 6.93. The number of carbonyl (C=O) groups excluding carboxylic acids is 1. The Bertz CT molecular complexity index is 1020. The molecule has 146 valence electrons. The van der Waals surface area contributed by atoms with Crippen LogP contribution in [0.4, 0.5) is 0 Å². The van der Waals surface area contributed by atoms with Gasteiger partial charge in [0.2, 0.25) is 5.91 Å². The van der Waals surface area contributed by atoms with Crippen molar-refractivity contribution in [2.75, 3.05) is 6.54 Å². The summed E-state index contributed by atoms with van der Waals surface area (Å²) < 4.78 is 0. The lowest BCUT2D eigenvalue weighted by atomic mass is 9.91. The second-order valence-electron chi connectivity index (χ2n) is 8.31. The van der Waals surface area contributed by atoms with Gasteiger partial charge >= 0.3 is 0 Å². The molecular weight excluding hydrogens is 352 g/mol. The number of hydrogen-bond acceptors (Lipinski definition) is 5. The second-order valence-corrected chi connectivity index (χ2v) is 8.31. The van der Waals surface area contributed by atoms with Gasteiger partial charge < -0.3 is 16.0 Å². The number of benzene rings is 1. The number of nitrogens with one attached hydrogen (secondary N) is 3. The minimum absolute atomic E-state index is 0.131. The molecule has 0 radical (unpaired) electrons. The van der Waals surface area contributed by atoms with Crippen molar-refractivity contribution in [2.45, 2.75) is 45.3 Å². The normalized spacial score (nSPS) is 21.2. The van der Waals surface area contributed by atoms with Crippen LogP contribution in [0.15, 0.2) is 40.7 Å². The standard InChI is InChI=1S/C22H26N4O2/c1-13-8-19(22(2,3)26-28)23-12-18(13)16-7-6-15-10-20(24-11-17(15)9-16)25-21(27)14-4-5-14/h6-11,14,20,23-24H,4-5,12H2,1-3H3,(H,25,27). The van der Waals surface area contributed by atoms with Crippen LogP contribution in [0, 0.1) is 10.8 Å². The van der Waals surface area contributed by atoms with Crippen molar-refractivity contribution in [1.82, 2.24) is 16.0 Å². The molecule has 0 aromatic heterocycles. The van der Waals surface area contributed by atoms with Crippen molar-refractivity contribution in [3.63, 3.8) is 0 Å². The van der Waals surface area contributed by atoms with Crippen LogP contribution in [-0.4, -0.2) is 24.2 Å². The Morgan fingerprint density at radius 1 is 1.25 bits per heavy atom. The first-order valence-electron chi connectivity index (χ1n) is 9.76. The monoisotopic (exact) mass is 378 g/mol. The topological polar surface area (TPSA) is 82.6 Å². The average Bonchev–Trinajstić information content (AvgIpc) is 3.53. The van der Waals surface area contributed by atoms with Crippen LogP contribution in [0.25, 0.3) is 17.8 Å². The molecule has 28 heavy (non-hydrogen) atoms. The summed E-state index contributed by atoms with van der Waals surface area (Å²) in [5.74, 6) is 0.330. The number of fused-ring (bicyclic) bond motifs is 1. The van der Waals surface area contributed by atoms with Gasteiger partial charge in [-0.25, -0.2) is 0 Å². The molecule has 1 saturated carbocycles. The molecule has 1 fully saturated rings. The first-order valence-corrected chi connectivity index (χ1v) is 9.76. The molecule has 4 rings (SSSR count). The zero-order valence-corrected chi connectivity index (χ0v) is 16.5. The number of nitrogens with zero attached hydrogens (tertiary/aromatic N) is 1. The van der Waals surface area contributed by atoms with Crippen molar-refractivity contribution in [3.05, 3.63) is 56.5 Å². The third kappa shape index (κ3) is 3.59. The molecule has 2 heterocycles. The van der Waals surface area contributed by atoms with Crippen LogP contribution in [0.1, 0.15) is 39.2 Å². The lowest BCUT2D eigenvalue weighted by Crippen LogP contribution is -2.48. The van der Waals surface area contributed by atoms with E-state index in [1.807, 2.05) is 26.1 Å². The number of rotatable bonds is 5. The molecule has 0 spiro atoms. The van der Waals surface area contributed by atoms with Gasteiger partial charge in [0.25, 0.3) is 0 Å². The molecule has 0 bridgehead atoms. The average molecular weight is 378 g/mol. The maximum Gasteiger partial charge on any atom is 0.224 e. The summed E-state index contributed by atoms with van der Waals surface area (Å²) in [6, 6.07) is 6.35. The zero-order valence-electron chi connectivity index (χ0n) is 16.5. The number of carbonyl (C=O) groups is 1. The van der Waals surface area contributed by atoms with Gasteiger partial charge in [-0.2, -0.15) is 0 Å². The minimum Gasteiger partial charge on any atom is -0.382 e. The van der Waals surface area contributed by atoms with Gasteiger partial charge in [0.05, 0.1) is 0 Å². The van der Waals surface area contributed by atoms with Crippen molar-refractivity contribution in [1.29, 1.82) is 0 Å². The Balaban J connectivity index is 1.59. The molecule has 1 unspecified atom stereocenters. The molecule has 0 saturated heterocycles. The minimum atomic E-state index is -0.755. The third-order valence-corrected chi connectivity index (χ3v) is 5.63. The van der Waals surface area contributed by atoms with Crippen LogP contribution in [0.5, 0.6) is 0 Å². The highest BCUT2D eigenvalue weighted by Gasteiger charge is 2.30. The van der Waals surface area contributed by atoms with Gasteiger partial charge in [0.15, 0.2) is 0 Å². The lowest BCUT2D eigenvalue weighted by molar-refractivity contribution is -0.122. The number of nitroso groups, excluding NO2 is 1. The lowest BCUT2D eigenvalue weighted by Gasteiger charge is -2.27. The molecule has 1 aromatic rings. The van der Waals surface area contributed by atoms with Gasteiger partial charge in [0, 0.05) is 24.4 Å². The maximum atomic E-state index is 12.0. The molecule has 6 nitrogen and oxygen atoms in total. The molecule has 1 atom stereocenters. The van der Waals surface area contributed by atoms with E-state index in [4.69, 9.17) is 0 Å². The van der Waals surface area contributed by atoms with Gasteiger partial charge in [-0.1, -0.05) is 17.3 Å². The van der Waals surface area contributed by atoms with Crippen LogP contribution >= 0.6 is 0 Å². The van der Waals surface area contributed by atoms with Crippen LogP contribution in [0.2, 0.25) is 0 Å². The fourth-order valence-corrected chi connectivity index (χ4v) is 3.60. The Kier molecular flexibility index (Phi) is 4.57. The summed E-state index contributed by atoms with van der Waals surface area (Å²) in [7, 11) is 0. The molecule has 6 heteroatoms.